The molecular weight excluding hydrogens is 195 g/mol. The zero-order valence-corrected chi connectivity index (χ0v) is 8.19. The highest BCUT2D eigenvalue weighted by Gasteiger charge is 2.23. The second kappa shape index (κ2) is 4.50. The minimum Gasteiger partial charge on any atom is -0.303 e. The van der Waals surface area contributed by atoms with Crippen molar-refractivity contribution in [3.8, 4) is 0 Å². The molecule has 0 aromatic rings. The first kappa shape index (κ1) is 11.1. The summed E-state index contributed by atoms with van der Waals surface area (Å²) in [6.45, 7) is 0.326. The number of phosphoric acid groups is 1. The van der Waals surface area contributed by atoms with Gasteiger partial charge in [0.05, 0.1) is 6.61 Å². The Morgan fingerprint density at radius 1 is 1.54 bits per heavy atom. The summed E-state index contributed by atoms with van der Waals surface area (Å²) in [7, 11) is -4.32. The van der Waals surface area contributed by atoms with E-state index in [-0.39, 0.29) is 6.61 Å². The topological polar surface area (TPSA) is 96.0 Å². The van der Waals surface area contributed by atoms with Crippen LogP contribution >= 0.6 is 7.82 Å². The number of rotatable bonds is 5. The number of hydrogen-bond donors (Lipinski definition) is 3. The van der Waals surface area contributed by atoms with E-state index in [4.69, 9.17) is 15.6 Å². The number of nitrogens with zero attached hydrogens (tertiary/aromatic N) is 1. The van der Waals surface area contributed by atoms with Gasteiger partial charge in [-0.1, -0.05) is 6.42 Å². The molecule has 0 aliphatic heterocycles. The van der Waals surface area contributed by atoms with Crippen molar-refractivity contribution in [2.24, 2.45) is 5.84 Å². The van der Waals surface area contributed by atoms with Gasteiger partial charge in [0, 0.05) is 12.6 Å². The molecule has 0 saturated heterocycles. The SMILES string of the molecule is NN(CCOP(=O)(O)O)C1CCC1. The molecule has 1 aliphatic rings. The Hall–Kier alpha value is 0.0300. The van der Waals surface area contributed by atoms with Crippen molar-refractivity contribution >= 4 is 7.82 Å². The van der Waals surface area contributed by atoms with E-state index in [1.165, 1.54) is 6.42 Å². The van der Waals surface area contributed by atoms with Crippen LogP contribution in [0.25, 0.3) is 0 Å². The first-order valence-electron chi connectivity index (χ1n) is 4.20. The lowest BCUT2D eigenvalue weighted by atomic mass is 9.93. The second-order valence-corrected chi connectivity index (χ2v) is 4.39. The smallest absolute Gasteiger partial charge is 0.303 e. The van der Waals surface area contributed by atoms with Crippen molar-refractivity contribution in [3.63, 3.8) is 0 Å². The molecule has 0 bridgehead atoms. The van der Waals surface area contributed by atoms with E-state index in [1.807, 2.05) is 0 Å². The molecule has 7 heteroatoms. The Morgan fingerprint density at radius 2 is 2.15 bits per heavy atom. The van der Waals surface area contributed by atoms with Crippen LogP contribution in [0.2, 0.25) is 0 Å². The Labute approximate surface area is 76.9 Å². The molecular formula is C6H15N2O4P. The Balaban J connectivity index is 2.08. The van der Waals surface area contributed by atoms with Crippen molar-refractivity contribution in [2.45, 2.75) is 25.3 Å². The minimum absolute atomic E-state index is 0.0305. The van der Waals surface area contributed by atoms with Crippen LogP contribution in [0.15, 0.2) is 0 Å². The summed E-state index contributed by atoms with van der Waals surface area (Å²) >= 11 is 0. The molecule has 13 heavy (non-hydrogen) atoms. The third-order valence-electron chi connectivity index (χ3n) is 2.15. The van der Waals surface area contributed by atoms with E-state index >= 15 is 0 Å². The van der Waals surface area contributed by atoms with Gasteiger partial charge in [0.15, 0.2) is 0 Å². The van der Waals surface area contributed by atoms with Gasteiger partial charge in [0.25, 0.3) is 0 Å². The highest BCUT2D eigenvalue weighted by molar-refractivity contribution is 7.46. The van der Waals surface area contributed by atoms with E-state index in [9.17, 15) is 4.57 Å². The average Bonchev–Trinajstić information content (AvgIpc) is 1.79. The Kier molecular flexibility index (Phi) is 3.85. The highest BCUT2D eigenvalue weighted by atomic mass is 31.2. The molecule has 0 heterocycles. The van der Waals surface area contributed by atoms with E-state index in [0.29, 0.717) is 12.6 Å². The Morgan fingerprint density at radius 3 is 2.54 bits per heavy atom. The van der Waals surface area contributed by atoms with Gasteiger partial charge in [-0.05, 0) is 12.8 Å². The van der Waals surface area contributed by atoms with Crippen LogP contribution in [-0.4, -0.2) is 34.0 Å². The quantitative estimate of drug-likeness (QED) is 0.331. The van der Waals surface area contributed by atoms with Crippen LogP contribution in [0.4, 0.5) is 0 Å². The van der Waals surface area contributed by atoms with Gasteiger partial charge in [0.1, 0.15) is 0 Å². The molecule has 78 valence electrons. The minimum atomic E-state index is -4.32. The standard InChI is InChI=1S/C6H15N2O4P/c7-8(6-2-1-3-6)4-5-12-13(9,10)11/h6H,1-5,7H2,(H2,9,10,11). The van der Waals surface area contributed by atoms with Crippen LogP contribution in [-0.2, 0) is 9.09 Å². The number of hydrazine groups is 1. The maximum Gasteiger partial charge on any atom is 0.469 e. The fourth-order valence-corrected chi connectivity index (χ4v) is 1.49. The van der Waals surface area contributed by atoms with Crippen LogP contribution < -0.4 is 5.84 Å². The molecule has 1 saturated carbocycles. The van der Waals surface area contributed by atoms with Gasteiger partial charge in [-0.15, -0.1) is 0 Å². The second-order valence-electron chi connectivity index (χ2n) is 3.15. The van der Waals surface area contributed by atoms with E-state index < -0.39 is 7.82 Å². The van der Waals surface area contributed by atoms with Crippen molar-refractivity contribution in [1.82, 2.24) is 5.01 Å². The van der Waals surface area contributed by atoms with Gasteiger partial charge in [-0.2, -0.15) is 0 Å². The molecule has 0 amide bonds. The average molecular weight is 210 g/mol. The van der Waals surface area contributed by atoms with Crippen LogP contribution in [0.1, 0.15) is 19.3 Å². The first-order valence-corrected chi connectivity index (χ1v) is 5.73. The summed E-state index contributed by atoms with van der Waals surface area (Å²) in [5, 5.41) is 1.58. The molecule has 0 radical (unpaired) electrons. The monoisotopic (exact) mass is 210 g/mol. The summed E-state index contributed by atoms with van der Waals surface area (Å²) in [6, 6.07) is 0.361. The van der Waals surface area contributed by atoms with Gasteiger partial charge in [0.2, 0.25) is 0 Å². The highest BCUT2D eigenvalue weighted by Crippen LogP contribution is 2.35. The normalized spacial score (nSPS) is 19.1. The zero-order chi connectivity index (χ0) is 9.90. The summed E-state index contributed by atoms with van der Waals surface area (Å²) in [5.41, 5.74) is 0. The van der Waals surface area contributed by atoms with Gasteiger partial charge in [-0.25, -0.2) is 9.57 Å². The predicted octanol–water partition coefficient (Wildman–Crippen LogP) is -0.176. The lowest BCUT2D eigenvalue weighted by Gasteiger charge is -2.33. The van der Waals surface area contributed by atoms with E-state index in [2.05, 4.69) is 4.52 Å². The largest absolute Gasteiger partial charge is 0.469 e. The van der Waals surface area contributed by atoms with E-state index in [0.717, 1.165) is 12.8 Å². The number of phosphoric ester groups is 1. The van der Waals surface area contributed by atoms with E-state index in [1.54, 1.807) is 5.01 Å². The molecule has 0 aromatic carbocycles. The summed E-state index contributed by atoms with van der Waals surface area (Å²) in [4.78, 5) is 16.7. The summed E-state index contributed by atoms with van der Waals surface area (Å²) in [5.74, 6) is 5.61. The zero-order valence-electron chi connectivity index (χ0n) is 7.30. The van der Waals surface area contributed by atoms with Crippen LogP contribution in [0, 0.1) is 0 Å². The molecule has 1 aliphatic carbocycles. The van der Waals surface area contributed by atoms with Gasteiger partial charge < -0.3 is 9.79 Å². The Bertz CT molecular complexity index is 203. The molecule has 0 aromatic heterocycles. The summed E-state index contributed by atoms with van der Waals surface area (Å²) < 4.78 is 14.5. The maximum absolute atomic E-state index is 10.3. The molecule has 0 spiro atoms. The summed E-state index contributed by atoms with van der Waals surface area (Å²) in [6.07, 6.45) is 3.30. The first-order chi connectivity index (χ1) is 5.99. The molecule has 1 fully saturated rings. The van der Waals surface area contributed by atoms with Gasteiger partial charge >= 0.3 is 7.82 Å². The number of hydrogen-bond acceptors (Lipinski definition) is 4. The maximum atomic E-state index is 10.3. The predicted molar refractivity (Wildman–Crippen MR) is 46.5 cm³/mol. The third kappa shape index (κ3) is 4.17. The molecule has 1 rings (SSSR count). The van der Waals surface area contributed by atoms with Crippen molar-refractivity contribution in [1.29, 1.82) is 0 Å². The fourth-order valence-electron chi connectivity index (χ4n) is 1.17. The van der Waals surface area contributed by atoms with Crippen LogP contribution in [0.3, 0.4) is 0 Å². The molecule has 0 unspecified atom stereocenters. The van der Waals surface area contributed by atoms with Crippen molar-refractivity contribution in [3.05, 3.63) is 0 Å². The fraction of sp³-hybridized carbons (Fsp3) is 1.00. The molecule has 0 atom stereocenters. The molecule has 6 nitrogen and oxygen atoms in total. The van der Waals surface area contributed by atoms with Crippen molar-refractivity contribution in [2.75, 3.05) is 13.2 Å². The van der Waals surface area contributed by atoms with Gasteiger partial charge in [-0.3, -0.25) is 10.4 Å². The number of nitrogens with two attached hydrogens (primary N) is 1. The third-order valence-corrected chi connectivity index (χ3v) is 2.67. The van der Waals surface area contributed by atoms with Crippen LogP contribution in [0.5, 0.6) is 0 Å². The molecule has 4 N–H and O–H groups in total. The lowest BCUT2D eigenvalue weighted by molar-refractivity contribution is 0.0967. The van der Waals surface area contributed by atoms with Crippen molar-refractivity contribution < 1.29 is 18.9 Å². The lowest BCUT2D eigenvalue weighted by Crippen LogP contribution is -2.46.